The highest BCUT2D eigenvalue weighted by Gasteiger charge is 2.20. The highest BCUT2D eigenvalue weighted by atomic mass is 32.1. The van der Waals surface area contributed by atoms with Crippen LogP contribution in [0.3, 0.4) is 0 Å². The largest absolute Gasteiger partial charge is 0.497 e. The van der Waals surface area contributed by atoms with E-state index in [2.05, 4.69) is 15.3 Å². The molecule has 0 saturated carbocycles. The SMILES string of the molecule is CCC(NC(=O)CCc1nc2sc3c(c2c(=O)[nH]1)CCCC3)c1ccc(OC)cc1. The number of rotatable bonds is 7. The van der Waals surface area contributed by atoms with Gasteiger partial charge in [-0.25, -0.2) is 4.98 Å². The first-order valence-electron chi connectivity index (χ1n) is 10.6. The summed E-state index contributed by atoms with van der Waals surface area (Å²) in [5, 5.41) is 3.84. The Bertz CT molecular complexity index is 1100. The van der Waals surface area contributed by atoms with E-state index in [1.165, 1.54) is 16.9 Å². The fourth-order valence-corrected chi connectivity index (χ4v) is 5.36. The van der Waals surface area contributed by atoms with Crippen molar-refractivity contribution < 1.29 is 9.53 Å². The van der Waals surface area contributed by atoms with Gasteiger partial charge in [0.15, 0.2) is 0 Å². The molecule has 1 aliphatic rings. The Kier molecular flexibility index (Phi) is 6.18. The number of ether oxygens (including phenoxy) is 1. The van der Waals surface area contributed by atoms with Gasteiger partial charge in [0.05, 0.1) is 18.5 Å². The summed E-state index contributed by atoms with van der Waals surface area (Å²) in [5.74, 6) is 1.32. The molecule has 1 unspecified atom stereocenters. The Morgan fingerprint density at radius 2 is 2.03 bits per heavy atom. The second kappa shape index (κ2) is 9.00. The number of aromatic amines is 1. The molecule has 2 N–H and O–H groups in total. The summed E-state index contributed by atoms with van der Waals surface area (Å²) in [6, 6.07) is 7.68. The molecule has 0 saturated heterocycles. The molecule has 30 heavy (non-hydrogen) atoms. The van der Waals surface area contributed by atoms with Gasteiger partial charge in [0, 0.05) is 17.7 Å². The molecule has 1 amide bonds. The van der Waals surface area contributed by atoms with Gasteiger partial charge in [0.25, 0.3) is 5.56 Å². The second-order valence-electron chi connectivity index (χ2n) is 7.71. The summed E-state index contributed by atoms with van der Waals surface area (Å²) >= 11 is 1.63. The predicted molar refractivity (Wildman–Crippen MR) is 119 cm³/mol. The molecule has 7 heteroatoms. The molecular formula is C23H27N3O3S. The van der Waals surface area contributed by atoms with Crippen LogP contribution in [0.1, 0.15) is 60.5 Å². The Labute approximate surface area is 179 Å². The fraction of sp³-hybridized carbons (Fsp3) is 0.435. The van der Waals surface area contributed by atoms with Crippen molar-refractivity contribution in [3.63, 3.8) is 0 Å². The number of fused-ring (bicyclic) bond motifs is 3. The number of hydrogen-bond donors (Lipinski definition) is 2. The van der Waals surface area contributed by atoms with E-state index < -0.39 is 0 Å². The number of amides is 1. The van der Waals surface area contributed by atoms with Gasteiger partial charge in [-0.15, -0.1) is 11.3 Å². The summed E-state index contributed by atoms with van der Waals surface area (Å²) in [7, 11) is 1.63. The molecule has 0 bridgehead atoms. The van der Waals surface area contributed by atoms with Crippen LogP contribution in [0, 0.1) is 0 Å². The molecule has 4 rings (SSSR count). The second-order valence-corrected chi connectivity index (χ2v) is 8.79. The van der Waals surface area contributed by atoms with Crippen molar-refractivity contribution in [1.82, 2.24) is 15.3 Å². The Morgan fingerprint density at radius 1 is 1.27 bits per heavy atom. The van der Waals surface area contributed by atoms with Crippen LogP contribution in [0.4, 0.5) is 0 Å². The maximum Gasteiger partial charge on any atom is 0.259 e. The maximum atomic E-state index is 12.6. The lowest BCUT2D eigenvalue weighted by molar-refractivity contribution is -0.121. The number of methoxy groups -OCH3 is 1. The van der Waals surface area contributed by atoms with Crippen molar-refractivity contribution in [3.05, 3.63) is 56.4 Å². The zero-order chi connectivity index (χ0) is 21.1. The summed E-state index contributed by atoms with van der Waals surface area (Å²) in [6.45, 7) is 2.04. The average molecular weight is 426 g/mol. The number of H-pyrrole nitrogens is 1. The molecule has 158 valence electrons. The zero-order valence-electron chi connectivity index (χ0n) is 17.4. The molecular weight excluding hydrogens is 398 g/mol. The Morgan fingerprint density at radius 3 is 2.77 bits per heavy atom. The van der Waals surface area contributed by atoms with Crippen LogP contribution in [0.5, 0.6) is 5.75 Å². The summed E-state index contributed by atoms with van der Waals surface area (Å²) < 4.78 is 5.20. The van der Waals surface area contributed by atoms with Crippen LogP contribution in [-0.4, -0.2) is 23.0 Å². The van der Waals surface area contributed by atoms with Gasteiger partial charge < -0.3 is 15.0 Å². The minimum absolute atomic E-state index is 0.0501. The van der Waals surface area contributed by atoms with Crippen LogP contribution < -0.4 is 15.6 Å². The van der Waals surface area contributed by atoms with Crippen LogP contribution >= 0.6 is 11.3 Å². The van der Waals surface area contributed by atoms with Crippen molar-refractivity contribution in [2.45, 2.75) is 57.9 Å². The van der Waals surface area contributed by atoms with E-state index >= 15 is 0 Å². The van der Waals surface area contributed by atoms with Crippen LogP contribution in [0.25, 0.3) is 10.2 Å². The van der Waals surface area contributed by atoms with Crippen molar-refractivity contribution in [3.8, 4) is 5.75 Å². The summed E-state index contributed by atoms with van der Waals surface area (Å²) in [4.78, 5) is 34.8. The van der Waals surface area contributed by atoms with E-state index in [0.717, 1.165) is 47.2 Å². The number of nitrogens with one attached hydrogen (secondary N) is 2. The molecule has 6 nitrogen and oxygen atoms in total. The normalized spacial score (nSPS) is 14.3. The third kappa shape index (κ3) is 4.26. The monoisotopic (exact) mass is 425 g/mol. The summed E-state index contributed by atoms with van der Waals surface area (Å²) in [6.07, 6.45) is 5.80. The molecule has 1 aliphatic carbocycles. The number of carbonyl (C=O) groups is 1. The first-order chi connectivity index (χ1) is 14.6. The lowest BCUT2D eigenvalue weighted by atomic mass is 9.97. The standard InChI is InChI=1S/C23H27N3O3S/c1-3-17(14-8-10-15(29-2)11-9-14)24-20(27)13-12-19-25-22(28)21-16-6-4-5-7-18(16)30-23(21)26-19/h8-11,17H,3-7,12-13H2,1-2H3,(H,24,27)(H,25,26,28). The number of hydrogen-bond acceptors (Lipinski definition) is 5. The number of nitrogens with zero attached hydrogens (tertiary/aromatic N) is 1. The van der Waals surface area contributed by atoms with E-state index in [9.17, 15) is 9.59 Å². The van der Waals surface area contributed by atoms with Crippen LogP contribution in [-0.2, 0) is 24.1 Å². The Hall–Kier alpha value is -2.67. The van der Waals surface area contributed by atoms with Gasteiger partial charge >= 0.3 is 0 Å². The van der Waals surface area contributed by atoms with E-state index in [-0.39, 0.29) is 23.9 Å². The zero-order valence-corrected chi connectivity index (χ0v) is 18.2. The lowest BCUT2D eigenvalue weighted by Crippen LogP contribution is -2.28. The topological polar surface area (TPSA) is 84.1 Å². The van der Waals surface area contributed by atoms with E-state index in [4.69, 9.17) is 4.74 Å². The number of carbonyl (C=O) groups excluding carboxylic acids is 1. The van der Waals surface area contributed by atoms with Gasteiger partial charge in [-0.1, -0.05) is 19.1 Å². The average Bonchev–Trinajstić information content (AvgIpc) is 3.15. The predicted octanol–water partition coefficient (Wildman–Crippen LogP) is 4.07. The van der Waals surface area contributed by atoms with Gasteiger partial charge in [-0.05, 0) is 55.4 Å². The minimum atomic E-state index is -0.0699. The first-order valence-corrected chi connectivity index (χ1v) is 11.4. The minimum Gasteiger partial charge on any atom is -0.497 e. The number of aromatic nitrogens is 2. The molecule has 0 fully saturated rings. The number of thiophene rings is 1. The Balaban J connectivity index is 1.42. The number of aryl methyl sites for hydroxylation is 3. The van der Waals surface area contributed by atoms with Gasteiger partial charge in [-0.2, -0.15) is 0 Å². The van der Waals surface area contributed by atoms with Crippen molar-refractivity contribution in [1.29, 1.82) is 0 Å². The fourth-order valence-electron chi connectivity index (χ4n) is 4.08. The van der Waals surface area contributed by atoms with Crippen molar-refractivity contribution in [2.75, 3.05) is 7.11 Å². The quantitative estimate of drug-likeness (QED) is 0.598. The molecule has 2 aromatic heterocycles. The van der Waals surface area contributed by atoms with Gasteiger partial charge in [-0.3, -0.25) is 9.59 Å². The molecule has 2 heterocycles. The first kappa shape index (κ1) is 20.6. The molecule has 1 atom stereocenters. The van der Waals surface area contributed by atoms with Crippen molar-refractivity contribution >= 4 is 27.5 Å². The van der Waals surface area contributed by atoms with E-state index in [0.29, 0.717) is 12.2 Å². The maximum absolute atomic E-state index is 12.6. The molecule has 3 aromatic rings. The van der Waals surface area contributed by atoms with Crippen LogP contribution in [0.2, 0.25) is 0 Å². The third-order valence-electron chi connectivity index (χ3n) is 5.72. The molecule has 0 spiro atoms. The van der Waals surface area contributed by atoms with Crippen LogP contribution in [0.15, 0.2) is 29.1 Å². The van der Waals surface area contributed by atoms with E-state index in [1.807, 2.05) is 31.2 Å². The van der Waals surface area contributed by atoms with E-state index in [1.54, 1.807) is 18.4 Å². The summed E-state index contributed by atoms with van der Waals surface area (Å²) in [5.41, 5.74) is 2.16. The number of benzene rings is 1. The smallest absolute Gasteiger partial charge is 0.259 e. The van der Waals surface area contributed by atoms with Gasteiger partial charge in [0.2, 0.25) is 5.91 Å². The molecule has 0 aliphatic heterocycles. The molecule has 1 aromatic carbocycles. The molecule has 0 radical (unpaired) electrons. The highest BCUT2D eigenvalue weighted by Crippen LogP contribution is 2.33. The van der Waals surface area contributed by atoms with Crippen molar-refractivity contribution in [2.24, 2.45) is 0 Å². The van der Waals surface area contributed by atoms with Gasteiger partial charge in [0.1, 0.15) is 16.4 Å². The lowest BCUT2D eigenvalue weighted by Gasteiger charge is -2.17. The third-order valence-corrected chi connectivity index (χ3v) is 6.91. The highest BCUT2D eigenvalue weighted by molar-refractivity contribution is 7.18.